The minimum atomic E-state index is -4.54. The highest BCUT2D eigenvalue weighted by Gasteiger charge is 2.33. The minimum Gasteiger partial charge on any atom is -0.338 e. The highest BCUT2D eigenvalue weighted by Crippen LogP contribution is 2.35. The smallest absolute Gasteiger partial charge is 0.338 e. The first kappa shape index (κ1) is 24.4. The van der Waals surface area contributed by atoms with Crippen molar-refractivity contribution >= 4 is 23.5 Å². The van der Waals surface area contributed by atoms with Crippen molar-refractivity contribution in [2.45, 2.75) is 17.8 Å². The van der Waals surface area contributed by atoms with Crippen LogP contribution >= 0.6 is 11.8 Å². The summed E-state index contributed by atoms with van der Waals surface area (Å²) in [4.78, 5) is 20.2. The van der Waals surface area contributed by atoms with E-state index in [1.165, 1.54) is 30.0 Å². The summed E-state index contributed by atoms with van der Waals surface area (Å²) in [5, 5.41) is 5.64. The fourth-order valence-corrected chi connectivity index (χ4v) is 4.30. The zero-order valence-corrected chi connectivity index (χ0v) is 19.4. The Hall–Kier alpha value is -3.72. The van der Waals surface area contributed by atoms with Crippen LogP contribution in [-0.4, -0.2) is 28.3 Å². The molecule has 0 unspecified atom stereocenters. The van der Waals surface area contributed by atoms with Crippen LogP contribution < -0.4 is 10.6 Å². The summed E-state index contributed by atoms with van der Waals surface area (Å²) in [6.45, 7) is 0.310. The quantitative estimate of drug-likeness (QED) is 0.181. The maximum atomic E-state index is 13.1. The lowest BCUT2D eigenvalue weighted by Gasteiger charge is -2.13. The first-order chi connectivity index (χ1) is 16.9. The number of carbonyl (C=O) groups is 1. The molecule has 35 heavy (non-hydrogen) atoms. The lowest BCUT2D eigenvalue weighted by atomic mass is 10.1. The van der Waals surface area contributed by atoms with Gasteiger partial charge in [-0.1, -0.05) is 84.6 Å². The van der Waals surface area contributed by atoms with Gasteiger partial charge in [0, 0.05) is 23.4 Å². The van der Waals surface area contributed by atoms with Gasteiger partial charge in [0.25, 0.3) is 0 Å². The van der Waals surface area contributed by atoms with Crippen molar-refractivity contribution in [3.05, 3.63) is 90.5 Å². The monoisotopic (exact) mass is 496 g/mol. The third-order valence-corrected chi connectivity index (χ3v) is 6.08. The molecule has 5 nitrogen and oxygen atoms in total. The van der Waals surface area contributed by atoms with Gasteiger partial charge in [-0.25, -0.2) is 9.78 Å². The van der Waals surface area contributed by atoms with Gasteiger partial charge in [-0.2, -0.15) is 13.2 Å². The van der Waals surface area contributed by atoms with E-state index < -0.39 is 17.8 Å². The highest BCUT2D eigenvalue weighted by atomic mass is 32.2. The predicted molar refractivity (Wildman–Crippen MR) is 133 cm³/mol. The number of nitrogens with one attached hydrogen (secondary N) is 3. The number of urea groups is 1. The summed E-state index contributed by atoms with van der Waals surface area (Å²) >= 11 is 1.52. The first-order valence-electron chi connectivity index (χ1n) is 11.0. The molecule has 1 heterocycles. The van der Waals surface area contributed by atoms with Crippen LogP contribution in [0.1, 0.15) is 12.0 Å². The van der Waals surface area contributed by atoms with Crippen LogP contribution in [0.3, 0.4) is 0 Å². The van der Waals surface area contributed by atoms with Crippen molar-refractivity contribution in [3.8, 4) is 22.5 Å². The third-order valence-electron chi connectivity index (χ3n) is 5.12. The molecule has 3 N–H and O–H groups in total. The molecule has 0 radical (unpaired) electrons. The van der Waals surface area contributed by atoms with E-state index in [2.05, 4.69) is 15.6 Å². The number of alkyl halides is 3. The number of benzene rings is 3. The van der Waals surface area contributed by atoms with Gasteiger partial charge in [0.2, 0.25) is 0 Å². The lowest BCUT2D eigenvalue weighted by Crippen LogP contribution is -2.30. The van der Waals surface area contributed by atoms with Gasteiger partial charge in [-0.05, 0) is 18.6 Å². The Bertz CT molecular complexity index is 1200. The number of H-pyrrole nitrogens is 1. The Kier molecular flexibility index (Phi) is 7.77. The van der Waals surface area contributed by atoms with Gasteiger partial charge < -0.3 is 15.6 Å². The molecule has 0 spiro atoms. The number of hydrogen-bond acceptors (Lipinski definition) is 3. The standard InChI is InChI=1S/C26H23F3N4OS/c27-26(28,29)20-14-7-8-15-21(20)31-24(34)30-16-9-17-35-25-32-22(18-10-3-1-4-11-18)23(33-25)19-12-5-2-6-13-19/h1-8,10-15H,9,16-17H2,(H,32,33)(H2,30,31,34). The third kappa shape index (κ3) is 6.45. The minimum absolute atomic E-state index is 0.274. The normalized spacial score (nSPS) is 11.3. The van der Waals surface area contributed by atoms with Gasteiger partial charge >= 0.3 is 12.2 Å². The molecule has 180 valence electrons. The van der Waals surface area contributed by atoms with Gasteiger partial charge in [-0.3, -0.25) is 0 Å². The number of halogens is 3. The van der Waals surface area contributed by atoms with Crippen LogP contribution in [0.4, 0.5) is 23.7 Å². The van der Waals surface area contributed by atoms with Gasteiger partial charge in [0.1, 0.15) is 0 Å². The molecule has 0 saturated carbocycles. The molecular weight excluding hydrogens is 473 g/mol. The van der Waals surface area contributed by atoms with Crippen molar-refractivity contribution in [2.75, 3.05) is 17.6 Å². The van der Waals surface area contributed by atoms with Gasteiger partial charge in [0.05, 0.1) is 22.6 Å². The Morgan fingerprint density at radius 3 is 2.20 bits per heavy atom. The van der Waals surface area contributed by atoms with E-state index in [0.29, 0.717) is 18.7 Å². The molecule has 9 heteroatoms. The van der Waals surface area contributed by atoms with E-state index in [-0.39, 0.29) is 5.69 Å². The molecule has 0 atom stereocenters. The zero-order chi connectivity index (χ0) is 24.7. The summed E-state index contributed by atoms with van der Waals surface area (Å²) in [5.41, 5.74) is 2.67. The van der Waals surface area contributed by atoms with Crippen LogP contribution in [0, 0.1) is 0 Å². The Morgan fingerprint density at radius 2 is 1.51 bits per heavy atom. The second-order valence-corrected chi connectivity index (χ2v) is 8.71. The number of thioether (sulfide) groups is 1. The maximum Gasteiger partial charge on any atom is 0.418 e. The van der Waals surface area contributed by atoms with Crippen LogP contribution in [-0.2, 0) is 6.18 Å². The molecule has 3 aromatic carbocycles. The number of nitrogens with zero attached hydrogens (tertiary/aromatic N) is 1. The van der Waals surface area contributed by atoms with Gasteiger partial charge in [-0.15, -0.1) is 0 Å². The topological polar surface area (TPSA) is 69.8 Å². The molecule has 0 aliphatic rings. The molecule has 0 fully saturated rings. The summed E-state index contributed by atoms with van der Waals surface area (Å²) in [5.74, 6) is 0.662. The van der Waals surface area contributed by atoms with E-state index in [0.717, 1.165) is 33.7 Å². The van der Waals surface area contributed by atoms with Gasteiger partial charge in [0.15, 0.2) is 5.16 Å². The van der Waals surface area contributed by atoms with E-state index in [9.17, 15) is 18.0 Å². The fourth-order valence-electron chi connectivity index (χ4n) is 3.49. The number of aromatic nitrogens is 2. The number of carbonyl (C=O) groups excluding carboxylic acids is 1. The molecular formula is C26H23F3N4OS. The Labute approximate surface area is 205 Å². The van der Waals surface area contributed by atoms with E-state index in [4.69, 9.17) is 4.98 Å². The van der Waals surface area contributed by atoms with Crippen molar-refractivity contribution < 1.29 is 18.0 Å². The number of hydrogen-bond donors (Lipinski definition) is 3. The fraction of sp³-hybridized carbons (Fsp3) is 0.154. The molecule has 0 aliphatic heterocycles. The number of rotatable bonds is 8. The largest absolute Gasteiger partial charge is 0.418 e. The van der Waals surface area contributed by atoms with E-state index in [1.54, 1.807) is 0 Å². The van der Waals surface area contributed by atoms with Crippen molar-refractivity contribution in [1.29, 1.82) is 0 Å². The molecule has 0 bridgehead atoms. The Balaban J connectivity index is 1.32. The summed E-state index contributed by atoms with van der Waals surface area (Å²) in [6, 6.07) is 24.1. The summed E-state index contributed by atoms with van der Waals surface area (Å²) < 4.78 is 39.2. The molecule has 2 amide bonds. The van der Waals surface area contributed by atoms with Crippen molar-refractivity contribution in [2.24, 2.45) is 0 Å². The molecule has 0 saturated heterocycles. The van der Waals surface area contributed by atoms with Crippen LogP contribution in [0.15, 0.2) is 90.1 Å². The van der Waals surface area contributed by atoms with Crippen molar-refractivity contribution in [3.63, 3.8) is 0 Å². The maximum absolute atomic E-state index is 13.1. The van der Waals surface area contributed by atoms with Crippen molar-refractivity contribution in [1.82, 2.24) is 15.3 Å². The second kappa shape index (κ2) is 11.1. The SMILES string of the molecule is O=C(NCCCSc1nc(-c2ccccc2)c(-c2ccccc2)[nH]1)Nc1ccccc1C(F)(F)F. The number of para-hydroxylation sites is 1. The van der Waals surface area contributed by atoms with Crippen LogP contribution in [0.5, 0.6) is 0 Å². The highest BCUT2D eigenvalue weighted by molar-refractivity contribution is 7.99. The summed E-state index contributed by atoms with van der Waals surface area (Å²) in [6.07, 6.45) is -3.93. The number of amides is 2. The lowest BCUT2D eigenvalue weighted by molar-refractivity contribution is -0.136. The average molecular weight is 497 g/mol. The number of aromatic amines is 1. The number of imidazole rings is 1. The number of anilines is 1. The molecule has 1 aromatic heterocycles. The summed E-state index contributed by atoms with van der Waals surface area (Å²) in [7, 11) is 0. The Morgan fingerprint density at radius 1 is 0.886 bits per heavy atom. The molecule has 0 aliphatic carbocycles. The van der Waals surface area contributed by atoms with Crippen LogP contribution in [0.2, 0.25) is 0 Å². The first-order valence-corrected chi connectivity index (χ1v) is 11.9. The van der Waals surface area contributed by atoms with E-state index >= 15 is 0 Å². The van der Waals surface area contributed by atoms with E-state index in [1.807, 2.05) is 60.7 Å². The average Bonchev–Trinajstić information content (AvgIpc) is 3.29. The van der Waals surface area contributed by atoms with Crippen LogP contribution in [0.25, 0.3) is 22.5 Å². The molecule has 4 aromatic rings. The second-order valence-electron chi connectivity index (χ2n) is 7.62. The zero-order valence-electron chi connectivity index (χ0n) is 18.6. The predicted octanol–water partition coefficient (Wildman–Crippen LogP) is 7.07. The molecule has 4 rings (SSSR count).